The molecule has 1 aromatic heterocycles. The summed E-state index contributed by atoms with van der Waals surface area (Å²) in [6.45, 7) is 0. The second-order valence-electron chi connectivity index (χ2n) is 3.30. The van der Waals surface area contributed by atoms with Gasteiger partial charge in [-0.15, -0.1) is 22.9 Å². The molecule has 17 heavy (non-hydrogen) atoms. The summed E-state index contributed by atoms with van der Waals surface area (Å²) in [5.41, 5.74) is 1.06. The number of hydrogen-bond acceptors (Lipinski definition) is 1. The van der Waals surface area contributed by atoms with Gasteiger partial charge in [0.05, 0.1) is 9.16 Å². The summed E-state index contributed by atoms with van der Waals surface area (Å²) in [4.78, 5) is 1.10. The standard InChI is InChI=1S/C11H5Br4ClS/c12-5-1-2-7(13)6(3-5)10(16)9-4-8(14)11(15)17-9/h1-4,10H. The molecule has 0 aliphatic heterocycles. The molecule has 2 rings (SSSR count). The fraction of sp³-hybridized carbons (Fsp3) is 0.0909. The Morgan fingerprint density at radius 1 is 1.00 bits per heavy atom. The third-order valence-corrected chi connectivity index (χ3v) is 7.28. The van der Waals surface area contributed by atoms with Crippen LogP contribution in [0.2, 0.25) is 0 Å². The van der Waals surface area contributed by atoms with Gasteiger partial charge in [0.1, 0.15) is 0 Å². The molecule has 0 nitrogen and oxygen atoms in total. The highest BCUT2D eigenvalue weighted by Gasteiger charge is 2.18. The van der Waals surface area contributed by atoms with Crippen molar-refractivity contribution in [3.8, 4) is 0 Å². The van der Waals surface area contributed by atoms with E-state index in [9.17, 15) is 0 Å². The molecule has 90 valence electrons. The van der Waals surface area contributed by atoms with Crippen LogP contribution in [0.4, 0.5) is 0 Å². The van der Waals surface area contributed by atoms with Crippen molar-refractivity contribution < 1.29 is 0 Å². The highest BCUT2D eigenvalue weighted by Crippen LogP contribution is 2.42. The van der Waals surface area contributed by atoms with Crippen LogP contribution in [-0.2, 0) is 0 Å². The van der Waals surface area contributed by atoms with Gasteiger partial charge in [-0.3, -0.25) is 0 Å². The lowest BCUT2D eigenvalue weighted by atomic mass is 10.1. The van der Waals surface area contributed by atoms with Crippen LogP contribution in [0, 0.1) is 0 Å². The van der Waals surface area contributed by atoms with E-state index < -0.39 is 0 Å². The van der Waals surface area contributed by atoms with Crippen molar-refractivity contribution >= 4 is 86.7 Å². The minimum absolute atomic E-state index is 0.158. The lowest BCUT2D eigenvalue weighted by Crippen LogP contribution is -1.91. The zero-order valence-corrected chi connectivity index (χ0v) is 16.1. The van der Waals surface area contributed by atoms with Crippen LogP contribution in [0.1, 0.15) is 15.8 Å². The van der Waals surface area contributed by atoms with Gasteiger partial charge in [0, 0.05) is 18.3 Å². The van der Waals surface area contributed by atoms with Gasteiger partial charge in [0.25, 0.3) is 0 Å². The van der Waals surface area contributed by atoms with Crippen LogP contribution in [0.15, 0.2) is 41.5 Å². The summed E-state index contributed by atoms with van der Waals surface area (Å²) < 4.78 is 4.14. The second kappa shape index (κ2) is 6.06. The van der Waals surface area contributed by atoms with E-state index in [0.717, 1.165) is 27.6 Å². The van der Waals surface area contributed by atoms with Gasteiger partial charge in [0.15, 0.2) is 0 Å². The zero-order valence-electron chi connectivity index (χ0n) is 8.18. The molecule has 0 spiro atoms. The highest BCUT2D eigenvalue weighted by atomic mass is 79.9. The molecule has 6 heteroatoms. The van der Waals surface area contributed by atoms with Crippen molar-refractivity contribution in [1.82, 2.24) is 0 Å². The van der Waals surface area contributed by atoms with Crippen LogP contribution in [0.5, 0.6) is 0 Å². The van der Waals surface area contributed by atoms with E-state index >= 15 is 0 Å². The van der Waals surface area contributed by atoms with E-state index in [1.165, 1.54) is 0 Å². The average Bonchev–Trinajstić information content (AvgIpc) is 2.62. The maximum absolute atomic E-state index is 6.51. The third kappa shape index (κ3) is 3.37. The molecule has 0 aliphatic rings. The summed E-state index contributed by atoms with van der Waals surface area (Å²) in [5.74, 6) is 0. The first-order chi connectivity index (χ1) is 7.99. The largest absolute Gasteiger partial charge is 0.130 e. The fourth-order valence-electron chi connectivity index (χ4n) is 1.35. The Balaban J connectivity index is 2.42. The van der Waals surface area contributed by atoms with Crippen LogP contribution >= 0.6 is 86.7 Å². The number of thiophene rings is 1. The minimum atomic E-state index is -0.158. The van der Waals surface area contributed by atoms with Crippen LogP contribution in [-0.4, -0.2) is 0 Å². The predicted octanol–water partition coefficient (Wildman–Crippen LogP) is 7.13. The molecule has 1 aromatic carbocycles. The lowest BCUT2D eigenvalue weighted by Gasteiger charge is -2.10. The zero-order chi connectivity index (χ0) is 12.6. The molecule has 0 saturated carbocycles. The van der Waals surface area contributed by atoms with Crippen molar-refractivity contribution in [3.63, 3.8) is 0 Å². The average molecular weight is 524 g/mol. The van der Waals surface area contributed by atoms with Gasteiger partial charge in [-0.1, -0.05) is 31.9 Å². The minimum Gasteiger partial charge on any atom is -0.130 e. The first kappa shape index (κ1) is 14.5. The highest BCUT2D eigenvalue weighted by molar-refractivity contribution is 9.13. The molecule has 1 unspecified atom stereocenters. The molecule has 0 bridgehead atoms. The fourth-order valence-corrected chi connectivity index (χ4v) is 4.80. The van der Waals surface area contributed by atoms with Gasteiger partial charge in [-0.2, -0.15) is 0 Å². The normalized spacial score (nSPS) is 12.8. The molecule has 0 N–H and O–H groups in total. The quantitative estimate of drug-likeness (QED) is 0.367. The number of halogens is 5. The van der Waals surface area contributed by atoms with Crippen molar-refractivity contribution in [2.24, 2.45) is 0 Å². The van der Waals surface area contributed by atoms with E-state index in [2.05, 4.69) is 63.7 Å². The van der Waals surface area contributed by atoms with E-state index in [0.29, 0.717) is 0 Å². The topological polar surface area (TPSA) is 0 Å². The van der Waals surface area contributed by atoms with Crippen molar-refractivity contribution in [3.05, 3.63) is 51.9 Å². The van der Waals surface area contributed by atoms with E-state index in [-0.39, 0.29) is 5.38 Å². The maximum atomic E-state index is 6.51. The van der Waals surface area contributed by atoms with E-state index in [4.69, 9.17) is 11.6 Å². The summed E-state index contributed by atoms with van der Waals surface area (Å²) in [6.07, 6.45) is 0. The summed E-state index contributed by atoms with van der Waals surface area (Å²) >= 11 is 22.1. The molecule has 1 atom stereocenters. The van der Waals surface area contributed by atoms with Crippen LogP contribution in [0.3, 0.4) is 0 Å². The van der Waals surface area contributed by atoms with Crippen molar-refractivity contribution in [2.45, 2.75) is 5.38 Å². The van der Waals surface area contributed by atoms with Crippen LogP contribution in [0.25, 0.3) is 0 Å². The molecule has 0 aliphatic carbocycles. The Morgan fingerprint density at radius 3 is 2.29 bits per heavy atom. The third-order valence-electron chi connectivity index (χ3n) is 2.15. The SMILES string of the molecule is ClC(c1cc(Br)c(Br)s1)c1cc(Br)ccc1Br. The maximum Gasteiger partial charge on any atom is 0.0939 e. The van der Waals surface area contributed by atoms with Gasteiger partial charge >= 0.3 is 0 Å². The lowest BCUT2D eigenvalue weighted by molar-refractivity contribution is 1.16. The summed E-state index contributed by atoms with van der Waals surface area (Å²) in [6, 6.07) is 8.05. The number of benzene rings is 1. The number of hydrogen-bond donors (Lipinski definition) is 0. The van der Waals surface area contributed by atoms with Gasteiger partial charge in [0.2, 0.25) is 0 Å². The number of rotatable bonds is 2. The van der Waals surface area contributed by atoms with Gasteiger partial charge in [-0.05, 0) is 61.7 Å². The van der Waals surface area contributed by atoms with Gasteiger partial charge in [-0.25, -0.2) is 0 Å². The smallest absolute Gasteiger partial charge is 0.0939 e. The monoisotopic (exact) mass is 520 g/mol. The molecule has 2 aromatic rings. The summed E-state index contributed by atoms with van der Waals surface area (Å²) in [7, 11) is 0. The Hall–Kier alpha value is 1.13. The van der Waals surface area contributed by atoms with Crippen molar-refractivity contribution in [1.29, 1.82) is 0 Å². The first-order valence-electron chi connectivity index (χ1n) is 4.53. The van der Waals surface area contributed by atoms with E-state index in [1.54, 1.807) is 11.3 Å². The van der Waals surface area contributed by atoms with E-state index in [1.807, 2.05) is 24.3 Å². The Kier molecular flexibility index (Phi) is 5.18. The molecule has 0 radical (unpaired) electrons. The first-order valence-corrected chi connectivity index (χ1v) is 8.95. The number of alkyl halides is 1. The molecular formula is C11H5Br4ClS. The molecule has 0 fully saturated rings. The Bertz CT molecular complexity index is 533. The molecule has 0 saturated heterocycles. The van der Waals surface area contributed by atoms with Gasteiger partial charge < -0.3 is 0 Å². The predicted molar refractivity (Wildman–Crippen MR) is 89.3 cm³/mol. The van der Waals surface area contributed by atoms with Crippen LogP contribution < -0.4 is 0 Å². The second-order valence-corrected chi connectivity index (χ2v) is 8.76. The Morgan fingerprint density at radius 2 is 1.71 bits per heavy atom. The molecular weight excluding hydrogens is 519 g/mol. The summed E-state index contributed by atoms with van der Waals surface area (Å²) in [5, 5.41) is -0.158. The molecule has 1 heterocycles. The van der Waals surface area contributed by atoms with Crippen molar-refractivity contribution in [2.75, 3.05) is 0 Å². The molecule has 0 amide bonds. The Labute approximate surface area is 142 Å².